The van der Waals surface area contributed by atoms with Crippen molar-refractivity contribution in [3.8, 4) is 0 Å². The highest BCUT2D eigenvalue weighted by atomic mass is 32.2. The Hall–Kier alpha value is -0.0900. The first-order valence-corrected chi connectivity index (χ1v) is 12.8. The first-order valence-electron chi connectivity index (χ1n) is 9.36. The second-order valence-electron chi connectivity index (χ2n) is 6.74. The molecule has 2 aliphatic rings. The average molecular weight is 439 g/mol. The second kappa shape index (κ2) is 13.2. The SMILES string of the molecule is CC(CSCCSCCSCC(C)C(=O)OCC1CO1)C(=O)OCC1CO1. The van der Waals surface area contributed by atoms with Gasteiger partial charge in [-0.25, -0.2) is 0 Å². The van der Waals surface area contributed by atoms with Crippen LogP contribution in [0.15, 0.2) is 0 Å². The van der Waals surface area contributed by atoms with Gasteiger partial charge in [0, 0.05) is 34.5 Å². The molecule has 0 aromatic heterocycles. The van der Waals surface area contributed by atoms with Crippen LogP contribution in [0, 0.1) is 11.8 Å². The van der Waals surface area contributed by atoms with Crippen LogP contribution in [0.3, 0.4) is 0 Å². The Labute approximate surface area is 174 Å². The third-order valence-corrected chi connectivity index (χ3v) is 7.87. The molecule has 0 saturated carbocycles. The summed E-state index contributed by atoms with van der Waals surface area (Å²) in [7, 11) is 0. The highest BCUT2D eigenvalue weighted by molar-refractivity contribution is 8.04. The maximum Gasteiger partial charge on any atom is 0.309 e. The van der Waals surface area contributed by atoms with Crippen molar-refractivity contribution < 1.29 is 28.5 Å². The van der Waals surface area contributed by atoms with E-state index in [9.17, 15) is 9.59 Å². The van der Waals surface area contributed by atoms with Gasteiger partial charge in [0.05, 0.1) is 25.0 Å². The lowest BCUT2D eigenvalue weighted by Crippen LogP contribution is -2.19. The van der Waals surface area contributed by atoms with Gasteiger partial charge in [0.25, 0.3) is 0 Å². The zero-order chi connectivity index (χ0) is 19.5. The molecule has 2 fully saturated rings. The Morgan fingerprint density at radius 3 is 1.56 bits per heavy atom. The number of hydrogen-bond donors (Lipinski definition) is 0. The minimum atomic E-state index is -0.126. The van der Waals surface area contributed by atoms with Gasteiger partial charge < -0.3 is 18.9 Å². The molecule has 4 atom stereocenters. The molecule has 0 N–H and O–H groups in total. The molecular weight excluding hydrogens is 408 g/mol. The van der Waals surface area contributed by atoms with Crippen LogP contribution in [-0.4, -0.2) is 85.1 Å². The predicted octanol–water partition coefficient (Wildman–Crippen LogP) is 2.34. The average Bonchev–Trinajstić information content (AvgIpc) is 3.56. The van der Waals surface area contributed by atoms with Crippen molar-refractivity contribution in [3.63, 3.8) is 0 Å². The van der Waals surface area contributed by atoms with Crippen molar-refractivity contribution in [2.75, 3.05) is 60.9 Å². The number of ether oxygens (including phenoxy) is 4. The summed E-state index contributed by atoms with van der Waals surface area (Å²) in [5.41, 5.74) is 0. The number of esters is 2. The normalized spacial score (nSPS) is 22.7. The maximum absolute atomic E-state index is 11.8. The van der Waals surface area contributed by atoms with Gasteiger partial charge >= 0.3 is 11.9 Å². The van der Waals surface area contributed by atoms with Gasteiger partial charge in [-0.3, -0.25) is 9.59 Å². The highest BCUT2D eigenvalue weighted by Gasteiger charge is 2.26. The van der Waals surface area contributed by atoms with Gasteiger partial charge in [-0.15, -0.1) is 0 Å². The Morgan fingerprint density at radius 2 is 1.19 bits per heavy atom. The van der Waals surface area contributed by atoms with Crippen LogP contribution < -0.4 is 0 Å². The van der Waals surface area contributed by atoms with Crippen LogP contribution in [0.2, 0.25) is 0 Å². The summed E-state index contributed by atoms with van der Waals surface area (Å²) >= 11 is 5.50. The van der Waals surface area contributed by atoms with Gasteiger partial charge in [0.2, 0.25) is 0 Å². The van der Waals surface area contributed by atoms with Crippen LogP contribution in [0.1, 0.15) is 13.8 Å². The number of carbonyl (C=O) groups excluding carboxylic acids is 2. The molecule has 0 bridgehead atoms. The molecule has 2 rings (SSSR count). The molecule has 0 amide bonds. The molecule has 156 valence electrons. The number of thioether (sulfide) groups is 3. The Kier molecular flexibility index (Phi) is 11.3. The number of hydrogen-bond acceptors (Lipinski definition) is 9. The summed E-state index contributed by atoms with van der Waals surface area (Å²) in [5, 5.41) is 0. The quantitative estimate of drug-likeness (QED) is 0.205. The smallest absolute Gasteiger partial charge is 0.309 e. The summed E-state index contributed by atoms with van der Waals surface area (Å²) in [4.78, 5) is 23.5. The lowest BCUT2D eigenvalue weighted by molar-refractivity contribution is -0.148. The molecule has 27 heavy (non-hydrogen) atoms. The van der Waals surface area contributed by atoms with Gasteiger partial charge in [0.1, 0.15) is 25.4 Å². The van der Waals surface area contributed by atoms with E-state index in [0.717, 1.165) is 34.5 Å². The minimum absolute atomic E-state index is 0.0676. The van der Waals surface area contributed by atoms with E-state index in [1.807, 2.05) is 25.6 Å². The van der Waals surface area contributed by atoms with E-state index in [1.165, 1.54) is 0 Å². The van der Waals surface area contributed by atoms with Crippen molar-refractivity contribution >= 4 is 47.2 Å². The monoisotopic (exact) mass is 438 g/mol. The summed E-state index contributed by atoms with van der Waals surface area (Å²) < 4.78 is 20.4. The van der Waals surface area contributed by atoms with Crippen molar-refractivity contribution in [3.05, 3.63) is 0 Å². The lowest BCUT2D eigenvalue weighted by atomic mass is 10.2. The highest BCUT2D eigenvalue weighted by Crippen LogP contribution is 2.17. The van der Waals surface area contributed by atoms with Crippen molar-refractivity contribution in [1.29, 1.82) is 0 Å². The summed E-state index contributed by atoms with van der Waals surface area (Å²) in [6.45, 7) is 6.04. The molecule has 0 aliphatic carbocycles. The van der Waals surface area contributed by atoms with E-state index >= 15 is 0 Å². The fraction of sp³-hybridized carbons (Fsp3) is 0.889. The Bertz CT molecular complexity index is 416. The number of carbonyl (C=O) groups is 2. The fourth-order valence-corrected chi connectivity index (χ4v) is 5.36. The van der Waals surface area contributed by atoms with Gasteiger partial charge in [-0.2, -0.15) is 35.3 Å². The molecular formula is C18H30O6S3. The first kappa shape index (κ1) is 23.2. The topological polar surface area (TPSA) is 77.7 Å². The fourth-order valence-electron chi connectivity index (χ4n) is 1.96. The van der Waals surface area contributed by atoms with E-state index in [-0.39, 0.29) is 36.0 Å². The molecule has 6 nitrogen and oxygen atoms in total. The van der Waals surface area contributed by atoms with E-state index in [4.69, 9.17) is 18.9 Å². The summed E-state index contributed by atoms with van der Waals surface area (Å²) in [6, 6.07) is 0. The van der Waals surface area contributed by atoms with Crippen LogP contribution in [0.4, 0.5) is 0 Å². The molecule has 4 unspecified atom stereocenters. The largest absolute Gasteiger partial charge is 0.463 e. The molecule has 0 radical (unpaired) electrons. The molecule has 0 aromatic carbocycles. The van der Waals surface area contributed by atoms with E-state index < -0.39 is 0 Å². The first-order chi connectivity index (χ1) is 13.1. The van der Waals surface area contributed by atoms with Crippen molar-refractivity contribution in [2.24, 2.45) is 11.8 Å². The third kappa shape index (κ3) is 11.5. The number of rotatable bonds is 16. The zero-order valence-electron chi connectivity index (χ0n) is 16.1. The minimum Gasteiger partial charge on any atom is -0.463 e. The summed E-state index contributed by atoms with van der Waals surface area (Å²) in [5.74, 6) is 5.41. The van der Waals surface area contributed by atoms with Crippen LogP contribution in [-0.2, 0) is 28.5 Å². The standard InChI is InChI=1S/C18H30O6S3/c1-13(17(19)23-9-15-7-21-15)11-26-5-3-25-4-6-27-12-14(2)18(20)24-10-16-8-22-16/h13-16H,3-12H2,1-2H3. The van der Waals surface area contributed by atoms with E-state index in [2.05, 4.69) is 0 Å². The maximum atomic E-state index is 11.8. The predicted molar refractivity (Wildman–Crippen MR) is 112 cm³/mol. The Morgan fingerprint density at radius 1 is 0.815 bits per heavy atom. The van der Waals surface area contributed by atoms with Crippen LogP contribution in [0.25, 0.3) is 0 Å². The zero-order valence-corrected chi connectivity index (χ0v) is 18.5. The molecule has 2 heterocycles. The van der Waals surface area contributed by atoms with Crippen LogP contribution in [0.5, 0.6) is 0 Å². The van der Waals surface area contributed by atoms with Gasteiger partial charge in [-0.1, -0.05) is 13.8 Å². The third-order valence-electron chi connectivity index (χ3n) is 3.91. The van der Waals surface area contributed by atoms with Gasteiger partial charge in [-0.05, 0) is 0 Å². The van der Waals surface area contributed by atoms with Crippen LogP contribution >= 0.6 is 35.3 Å². The second-order valence-corrected chi connectivity index (χ2v) is 10.3. The van der Waals surface area contributed by atoms with Crippen molar-refractivity contribution in [2.45, 2.75) is 26.1 Å². The molecule has 2 saturated heterocycles. The molecule has 9 heteroatoms. The molecule has 0 spiro atoms. The van der Waals surface area contributed by atoms with Crippen molar-refractivity contribution in [1.82, 2.24) is 0 Å². The Balaban J connectivity index is 1.33. The summed E-state index contributed by atoms with van der Waals surface area (Å²) in [6.07, 6.45) is 0.267. The molecule has 0 aromatic rings. The lowest BCUT2D eigenvalue weighted by Gasteiger charge is -2.11. The number of epoxide rings is 2. The van der Waals surface area contributed by atoms with E-state index in [1.54, 1.807) is 23.5 Å². The van der Waals surface area contributed by atoms with Gasteiger partial charge in [0.15, 0.2) is 0 Å². The molecule has 2 aliphatic heterocycles. The van der Waals surface area contributed by atoms with E-state index in [0.29, 0.717) is 26.4 Å².